The molecule has 0 atom stereocenters. The molecule has 1 fully saturated rings. The van der Waals surface area contributed by atoms with Crippen LogP contribution in [0.2, 0.25) is 0 Å². The summed E-state index contributed by atoms with van der Waals surface area (Å²) in [5, 5.41) is 0. The fourth-order valence-electron chi connectivity index (χ4n) is 5.10. The zero-order valence-electron chi connectivity index (χ0n) is 19.3. The number of hydrogen-bond acceptors (Lipinski definition) is 3. The number of rotatable bonds is 5. The number of nitrogens with zero attached hydrogens (tertiary/aromatic N) is 3. The number of hydrogen-bond donors (Lipinski definition) is 1. The van der Waals surface area contributed by atoms with Crippen LogP contribution in [0.3, 0.4) is 0 Å². The van der Waals surface area contributed by atoms with Gasteiger partial charge in [-0.1, -0.05) is 60.7 Å². The van der Waals surface area contributed by atoms with Crippen LogP contribution in [0.25, 0.3) is 11.0 Å². The molecule has 0 saturated carbocycles. The fourth-order valence-corrected chi connectivity index (χ4v) is 5.10. The third-order valence-corrected chi connectivity index (χ3v) is 6.92. The molecular formula is C28H30N4O. The zero-order chi connectivity index (χ0) is 22.8. The van der Waals surface area contributed by atoms with Crippen LogP contribution >= 0.6 is 0 Å². The number of aryl methyl sites for hydroxylation is 2. The molecule has 4 aromatic rings. The van der Waals surface area contributed by atoms with E-state index in [-0.39, 0.29) is 11.8 Å². The highest BCUT2D eigenvalue weighted by Crippen LogP contribution is 2.34. The van der Waals surface area contributed by atoms with Crippen molar-refractivity contribution >= 4 is 16.9 Å². The van der Waals surface area contributed by atoms with Gasteiger partial charge in [-0.15, -0.1) is 0 Å². The predicted octanol–water partition coefficient (Wildman–Crippen LogP) is 5.50. The molecule has 1 amide bonds. The summed E-state index contributed by atoms with van der Waals surface area (Å²) in [5.74, 6) is 1.61. The quantitative estimate of drug-likeness (QED) is 0.447. The number of fused-ring (bicyclic) bond motifs is 1. The average Bonchev–Trinajstić information content (AvgIpc) is 3.26. The number of imidazole rings is 1. The number of aromatic nitrogens is 3. The van der Waals surface area contributed by atoms with Gasteiger partial charge in [0.1, 0.15) is 5.82 Å². The number of H-pyrrole nitrogens is 1. The Morgan fingerprint density at radius 2 is 1.61 bits per heavy atom. The third-order valence-electron chi connectivity index (χ3n) is 6.92. The van der Waals surface area contributed by atoms with Gasteiger partial charge < -0.3 is 9.88 Å². The zero-order valence-corrected chi connectivity index (χ0v) is 19.3. The molecule has 0 spiro atoms. The van der Waals surface area contributed by atoms with Gasteiger partial charge in [0.15, 0.2) is 0 Å². The van der Waals surface area contributed by atoms with E-state index < -0.39 is 0 Å². The molecule has 0 bridgehead atoms. The standard InChI is InChI=1S/C28H30N4O/c1-19-27-28(31-20(2)30-27)25(18-29-19)23-13-15-32(16-14-23)26(33)17-24(21-9-5-3-6-10-21)22-11-7-4-8-12-22/h3-12,18,23-24H,13-17H2,1-2H3,(H,30,31). The maximum Gasteiger partial charge on any atom is 0.223 e. The lowest BCUT2D eigenvalue weighted by atomic mass is 9.86. The van der Waals surface area contributed by atoms with Crippen molar-refractivity contribution in [2.24, 2.45) is 0 Å². The van der Waals surface area contributed by atoms with Crippen LogP contribution in [0.4, 0.5) is 0 Å². The Bertz CT molecular complexity index is 1200. The summed E-state index contributed by atoms with van der Waals surface area (Å²) in [4.78, 5) is 28.1. The second-order valence-corrected chi connectivity index (χ2v) is 9.08. The maximum absolute atomic E-state index is 13.4. The summed E-state index contributed by atoms with van der Waals surface area (Å²) < 4.78 is 0. The first-order valence-electron chi connectivity index (χ1n) is 11.8. The SMILES string of the molecule is Cc1nc2c(C3CCN(C(=O)CC(c4ccccc4)c4ccccc4)CC3)cnc(C)c2[nH]1. The molecular weight excluding hydrogens is 408 g/mol. The Labute approximate surface area is 194 Å². The van der Waals surface area contributed by atoms with Crippen molar-refractivity contribution in [2.45, 2.75) is 44.9 Å². The van der Waals surface area contributed by atoms with E-state index in [4.69, 9.17) is 4.98 Å². The molecule has 5 heteroatoms. The topological polar surface area (TPSA) is 61.9 Å². The lowest BCUT2D eigenvalue weighted by molar-refractivity contribution is -0.132. The highest BCUT2D eigenvalue weighted by Gasteiger charge is 2.28. The van der Waals surface area contributed by atoms with Gasteiger partial charge in [0, 0.05) is 37.2 Å². The van der Waals surface area contributed by atoms with Crippen molar-refractivity contribution in [1.82, 2.24) is 19.9 Å². The normalized spacial score (nSPS) is 14.8. The molecule has 1 N–H and O–H groups in total. The minimum atomic E-state index is 0.0746. The first kappa shape index (κ1) is 21.4. The molecule has 3 heterocycles. The van der Waals surface area contributed by atoms with E-state index in [0.29, 0.717) is 12.3 Å². The monoisotopic (exact) mass is 438 g/mol. The minimum absolute atomic E-state index is 0.0746. The van der Waals surface area contributed by atoms with Crippen molar-refractivity contribution in [1.29, 1.82) is 0 Å². The summed E-state index contributed by atoms with van der Waals surface area (Å²) in [7, 11) is 0. The largest absolute Gasteiger partial charge is 0.343 e. The Morgan fingerprint density at radius 3 is 2.21 bits per heavy atom. The summed E-state index contributed by atoms with van der Waals surface area (Å²) >= 11 is 0. The van der Waals surface area contributed by atoms with E-state index in [1.54, 1.807) is 0 Å². The molecule has 5 nitrogen and oxygen atoms in total. The Balaban J connectivity index is 1.30. The van der Waals surface area contributed by atoms with Crippen molar-refractivity contribution in [2.75, 3.05) is 13.1 Å². The van der Waals surface area contributed by atoms with Gasteiger partial charge in [-0.05, 0) is 43.7 Å². The van der Waals surface area contributed by atoms with Crippen LogP contribution in [0, 0.1) is 13.8 Å². The van der Waals surface area contributed by atoms with E-state index in [2.05, 4.69) is 34.2 Å². The Morgan fingerprint density at radius 1 is 1.00 bits per heavy atom. The molecule has 1 saturated heterocycles. The molecule has 2 aromatic carbocycles. The van der Waals surface area contributed by atoms with Gasteiger partial charge >= 0.3 is 0 Å². The van der Waals surface area contributed by atoms with Crippen LogP contribution in [-0.2, 0) is 4.79 Å². The molecule has 0 unspecified atom stereocenters. The second kappa shape index (κ2) is 9.18. The molecule has 0 aliphatic carbocycles. The number of carbonyl (C=O) groups is 1. The molecule has 1 aliphatic rings. The van der Waals surface area contributed by atoms with Gasteiger partial charge in [0.2, 0.25) is 5.91 Å². The first-order valence-corrected chi connectivity index (χ1v) is 11.8. The molecule has 0 radical (unpaired) electrons. The smallest absolute Gasteiger partial charge is 0.223 e. The number of carbonyl (C=O) groups excluding carboxylic acids is 1. The van der Waals surface area contributed by atoms with E-state index >= 15 is 0 Å². The number of pyridine rings is 1. The van der Waals surface area contributed by atoms with Crippen LogP contribution < -0.4 is 0 Å². The number of piperidine rings is 1. The summed E-state index contributed by atoms with van der Waals surface area (Å²) in [6, 6.07) is 20.7. The van der Waals surface area contributed by atoms with Gasteiger partial charge in [0.05, 0.1) is 16.7 Å². The van der Waals surface area contributed by atoms with Crippen molar-refractivity contribution in [3.63, 3.8) is 0 Å². The molecule has 33 heavy (non-hydrogen) atoms. The number of nitrogens with one attached hydrogen (secondary N) is 1. The van der Waals surface area contributed by atoms with Crippen LogP contribution in [-0.4, -0.2) is 38.8 Å². The lowest BCUT2D eigenvalue weighted by Crippen LogP contribution is -2.38. The van der Waals surface area contributed by atoms with Gasteiger partial charge in [-0.2, -0.15) is 0 Å². The Hall–Kier alpha value is -3.47. The summed E-state index contributed by atoms with van der Waals surface area (Å²) in [6.07, 6.45) is 4.37. The number of likely N-dealkylation sites (tertiary alicyclic amines) is 1. The van der Waals surface area contributed by atoms with Crippen LogP contribution in [0.15, 0.2) is 66.9 Å². The highest BCUT2D eigenvalue weighted by molar-refractivity contribution is 5.81. The summed E-state index contributed by atoms with van der Waals surface area (Å²) in [6.45, 7) is 5.55. The van der Waals surface area contributed by atoms with E-state index in [1.807, 2.05) is 61.3 Å². The van der Waals surface area contributed by atoms with Crippen molar-refractivity contribution < 1.29 is 4.79 Å². The number of amides is 1. The van der Waals surface area contributed by atoms with E-state index in [1.165, 1.54) is 16.7 Å². The number of benzene rings is 2. The summed E-state index contributed by atoms with van der Waals surface area (Å²) in [5.41, 5.74) is 6.64. The molecule has 1 aliphatic heterocycles. The minimum Gasteiger partial charge on any atom is -0.343 e. The van der Waals surface area contributed by atoms with Crippen LogP contribution in [0.5, 0.6) is 0 Å². The van der Waals surface area contributed by atoms with E-state index in [9.17, 15) is 4.79 Å². The van der Waals surface area contributed by atoms with Gasteiger partial charge in [0.25, 0.3) is 0 Å². The van der Waals surface area contributed by atoms with E-state index in [0.717, 1.165) is 48.5 Å². The van der Waals surface area contributed by atoms with Crippen LogP contribution in [0.1, 0.15) is 59.3 Å². The molecule has 168 valence electrons. The first-order chi connectivity index (χ1) is 16.1. The van der Waals surface area contributed by atoms with Crippen molar-refractivity contribution in [3.05, 3.63) is 95.1 Å². The predicted molar refractivity (Wildman–Crippen MR) is 131 cm³/mol. The molecule has 2 aromatic heterocycles. The van der Waals surface area contributed by atoms with Gasteiger partial charge in [-0.25, -0.2) is 4.98 Å². The van der Waals surface area contributed by atoms with Crippen molar-refractivity contribution in [3.8, 4) is 0 Å². The third kappa shape index (κ3) is 4.40. The lowest BCUT2D eigenvalue weighted by Gasteiger charge is -2.33. The number of aromatic amines is 1. The highest BCUT2D eigenvalue weighted by atomic mass is 16.2. The maximum atomic E-state index is 13.4. The second-order valence-electron chi connectivity index (χ2n) is 9.08. The average molecular weight is 439 g/mol. The van der Waals surface area contributed by atoms with Gasteiger partial charge in [-0.3, -0.25) is 9.78 Å². The Kier molecular flexibility index (Phi) is 5.95. The molecule has 5 rings (SSSR count). The fraction of sp³-hybridized carbons (Fsp3) is 0.321.